The number of nitrogens with zero attached hydrogens (tertiary/aromatic N) is 1. The molecule has 1 atom stereocenters. The van der Waals surface area contributed by atoms with Gasteiger partial charge in [0.2, 0.25) is 0 Å². The molecule has 22 heavy (non-hydrogen) atoms. The van der Waals surface area contributed by atoms with Crippen molar-refractivity contribution in [1.29, 1.82) is 0 Å². The first kappa shape index (κ1) is 16.0. The third-order valence-electron chi connectivity index (χ3n) is 4.94. The van der Waals surface area contributed by atoms with Crippen LogP contribution < -0.4 is 5.32 Å². The van der Waals surface area contributed by atoms with Gasteiger partial charge in [-0.05, 0) is 75.7 Å². The molecule has 3 rings (SSSR count). The highest BCUT2D eigenvalue weighted by atomic mass is 32.1. The van der Waals surface area contributed by atoms with Crippen molar-refractivity contribution in [3.8, 4) is 0 Å². The molecule has 1 aliphatic heterocycles. The van der Waals surface area contributed by atoms with Crippen molar-refractivity contribution in [3.05, 3.63) is 21.4 Å². The number of carbonyl (C=O) groups is 1. The lowest BCUT2D eigenvalue weighted by Gasteiger charge is -2.26. The molecule has 1 amide bonds. The monoisotopic (exact) mass is 320 g/mol. The van der Waals surface area contributed by atoms with Crippen molar-refractivity contribution in [1.82, 2.24) is 10.2 Å². The van der Waals surface area contributed by atoms with Crippen LogP contribution in [0.25, 0.3) is 0 Å². The van der Waals surface area contributed by atoms with Gasteiger partial charge < -0.3 is 10.2 Å². The molecule has 1 fully saturated rings. The summed E-state index contributed by atoms with van der Waals surface area (Å²) in [6, 6.07) is 2.13. The van der Waals surface area contributed by atoms with E-state index in [2.05, 4.69) is 23.2 Å². The fraction of sp³-hybridized carbons (Fsp3) is 0.722. The molecule has 2 aliphatic rings. The van der Waals surface area contributed by atoms with Crippen LogP contribution in [0.15, 0.2) is 6.07 Å². The number of nitrogens with one attached hydrogen (secondary N) is 1. The van der Waals surface area contributed by atoms with E-state index in [-0.39, 0.29) is 5.91 Å². The SMILES string of the molecule is CC1CCc2sc(C(=O)NCCCN3CCCCC3)cc2C1. The second-order valence-electron chi connectivity index (χ2n) is 6.92. The minimum Gasteiger partial charge on any atom is -0.351 e. The number of fused-ring (bicyclic) bond motifs is 1. The predicted octanol–water partition coefficient (Wildman–Crippen LogP) is 3.48. The third kappa shape index (κ3) is 4.11. The zero-order chi connectivity index (χ0) is 15.4. The van der Waals surface area contributed by atoms with E-state index in [0.717, 1.165) is 43.1 Å². The highest BCUT2D eigenvalue weighted by molar-refractivity contribution is 7.14. The Hall–Kier alpha value is -0.870. The van der Waals surface area contributed by atoms with Gasteiger partial charge in [-0.25, -0.2) is 0 Å². The summed E-state index contributed by atoms with van der Waals surface area (Å²) in [6.45, 7) is 6.71. The smallest absolute Gasteiger partial charge is 0.261 e. The van der Waals surface area contributed by atoms with Crippen LogP contribution in [-0.4, -0.2) is 37.0 Å². The molecule has 122 valence electrons. The predicted molar refractivity (Wildman–Crippen MR) is 92.7 cm³/mol. The second kappa shape index (κ2) is 7.60. The molecule has 0 spiro atoms. The number of aryl methyl sites for hydroxylation is 1. The van der Waals surface area contributed by atoms with Crippen molar-refractivity contribution >= 4 is 17.2 Å². The Morgan fingerprint density at radius 3 is 3.00 bits per heavy atom. The number of piperidine rings is 1. The summed E-state index contributed by atoms with van der Waals surface area (Å²) in [5.74, 6) is 0.897. The van der Waals surface area contributed by atoms with Gasteiger partial charge in [-0.3, -0.25) is 4.79 Å². The summed E-state index contributed by atoms with van der Waals surface area (Å²) in [5.41, 5.74) is 1.42. The van der Waals surface area contributed by atoms with Gasteiger partial charge in [0.25, 0.3) is 5.91 Å². The first-order valence-electron chi connectivity index (χ1n) is 8.84. The maximum Gasteiger partial charge on any atom is 0.261 e. The summed E-state index contributed by atoms with van der Waals surface area (Å²) in [6.07, 6.45) is 8.70. The maximum absolute atomic E-state index is 12.3. The molecule has 3 nitrogen and oxygen atoms in total. The van der Waals surface area contributed by atoms with Crippen molar-refractivity contribution < 1.29 is 4.79 Å². The van der Waals surface area contributed by atoms with Gasteiger partial charge in [0.1, 0.15) is 0 Å². The molecule has 1 saturated heterocycles. The number of hydrogen-bond acceptors (Lipinski definition) is 3. The van der Waals surface area contributed by atoms with Gasteiger partial charge in [0, 0.05) is 11.4 Å². The second-order valence-corrected chi connectivity index (χ2v) is 8.06. The largest absolute Gasteiger partial charge is 0.351 e. The lowest BCUT2D eigenvalue weighted by atomic mass is 9.90. The van der Waals surface area contributed by atoms with E-state index in [1.165, 1.54) is 49.2 Å². The van der Waals surface area contributed by atoms with Crippen LogP contribution in [0.4, 0.5) is 0 Å². The molecule has 0 radical (unpaired) electrons. The van der Waals surface area contributed by atoms with E-state index in [0.29, 0.717) is 0 Å². The van der Waals surface area contributed by atoms with E-state index < -0.39 is 0 Å². The van der Waals surface area contributed by atoms with E-state index in [1.54, 1.807) is 11.3 Å². The molecule has 0 aromatic carbocycles. The minimum absolute atomic E-state index is 0.130. The fourth-order valence-corrected chi connectivity index (χ4v) is 4.72. The Bertz CT molecular complexity index is 505. The van der Waals surface area contributed by atoms with Crippen LogP contribution in [0.2, 0.25) is 0 Å². The number of carbonyl (C=O) groups excluding carboxylic acids is 1. The van der Waals surface area contributed by atoms with Crippen molar-refractivity contribution in [2.24, 2.45) is 5.92 Å². The van der Waals surface area contributed by atoms with Crippen LogP contribution in [0.1, 0.15) is 59.1 Å². The standard InChI is InChI=1S/C18H28N2OS/c1-14-6-7-16-15(12-14)13-17(22-16)18(21)19-8-5-11-20-9-3-2-4-10-20/h13-14H,2-12H2,1H3,(H,19,21). The molecule has 4 heteroatoms. The van der Waals surface area contributed by atoms with Gasteiger partial charge in [0.15, 0.2) is 0 Å². The Labute approximate surface area is 138 Å². The number of likely N-dealkylation sites (tertiary alicyclic amines) is 1. The van der Waals surface area contributed by atoms with E-state index in [9.17, 15) is 4.79 Å². The van der Waals surface area contributed by atoms with Crippen molar-refractivity contribution in [3.63, 3.8) is 0 Å². The highest BCUT2D eigenvalue weighted by Gasteiger charge is 2.20. The Kier molecular flexibility index (Phi) is 5.53. The summed E-state index contributed by atoms with van der Waals surface area (Å²) < 4.78 is 0. The molecule has 2 heterocycles. The lowest BCUT2D eigenvalue weighted by molar-refractivity contribution is 0.0955. The highest BCUT2D eigenvalue weighted by Crippen LogP contribution is 2.32. The van der Waals surface area contributed by atoms with Gasteiger partial charge in [-0.15, -0.1) is 11.3 Å². The van der Waals surface area contributed by atoms with E-state index in [4.69, 9.17) is 0 Å². The van der Waals surface area contributed by atoms with E-state index >= 15 is 0 Å². The van der Waals surface area contributed by atoms with Gasteiger partial charge in [-0.2, -0.15) is 0 Å². The first-order valence-corrected chi connectivity index (χ1v) is 9.66. The van der Waals surface area contributed by atoms with Gasteiger partial charge >= 0.3 is 0 Å². The Morgan fingerprint density at radius 1 is 1.36 bits per heavy atom. The minimum atomic E-state index is 0.130. The Morgan fingerprint density at radius 2 is 2.18 bits per heavy atom. The summed E-state index contributed by atoms with van der Waals surface area (Å²) in [5, 5.41) is 3.10. The maximum atomic E-state index is 12.3. The zero-order valence-corrected chi connectivity index (χ0v) is 14.5. The average molecular weight is 321 g/mol. The van der Waals surface area contributed by atoms with Crippen LogP contribution in [0, 0.1) is 5.92 Å². The number of amides is 1. The summed E-state index contributed by atoms with van der Waals surface area (Å²) in [4.78, 5) is 17.2. The third-order valence-corrected chi connectivity index (χ3v) is 6.17. The molecule has 1 aromatic heterocycles. The molecule has 1 aliphatic carbocycles. The number of hydrogen-bond donors (Lipinski definition) is 1. The zero-order valence-electron chi connectivity index (χ0n) is 13.7. The topological polar surface area (TPSA) is 32.3 Å². The molecule has 1 N–H and O–H groups in total. The van der Waals surface area contributed by atoms with Crippen LogP contribution >= 0.6 is 11.3 Å². The Balaban J connectivity index is 1.42. The molecule has 0 bridgehead atoms. The van der Waals surface area contributed by atoms with Crippen LogP contribution in [0.3, 0.4) is 0 Å². The van der Waals surface area contributed by atoms with Crippen molar-refractivity contribution in [2.45, 2.75) is 51.9 Å². The molecule has 0 saturated carbocycles. The van der Waals surface area contributed by atoms with Crippen molar-refractivity contribution in [2.75, 3.05) is 26.2 Å². The number of thiophene rings is 1. The molecular formula is C18H28N2OS. The average Bonchev–Trinajstić information content (AvgIpc) is 2.95. The molecular weight excluding hydrogens is 292 g/mol. The van der Waals surface area contributed by atoms with E-state index in [1.807, 2.05) is 0 Å². The van der Waals surface area contributed by atoms with Gasteiger partial charge in [-0.1, -0.05) is 13.3 Å². The van der Waals surface area contributed by atoms with Gasteiger partial charge in [0.05, 0.1) is 4.88 Å². The summed E-state index contributed by atoms with van der Waals surface area (Å²) >= 11 is 1.71. The summed E-state index contributed by atoms with van der Waals surface area (Å²) in [7, 11) is 0. The molecule has 1 unspecified atom stereocenters. The molecule has 1 aromatic rings. The quantitative estimate of drug-likeness (QED) is 0.843. The number of rotatable bonds is 5. The normalized spacial score (nSPS) is 22.3. The van der Waals surface area contributed by atoms with Crippen LogP contribution in [0.5, 0.6) is 0 Å². The first-order chi connectivity index (χ1) is 10.7. The lowest BCUT2D eigenvalue weighted by Crippen LogP contribution is -2.33. The fourth-order valence-electron chi connectivity index (χ4n) is 3.59. The van der Waals surface area contributed by atoms with Crippen LogP contribution in [-0.2, 0) is 12.8 Å².